The van der Waals surface area contributed by atoms with Gasteiger partial charge in [-0.2, -0.15) is 0 Å². The number of rotatable bonds is 5. The van der Waals surface area contributed by atoms with Crippen LogP contribution in [0.15, 0.2) is 66.7 Å². The van der Waals surface area contributed by atoms with Gasteiger partial charge >= 0.3 is 0 Å². The Morgan fingerprint density at radius 2 is 1.70 bits per heavy atom. The van der Waals surface area contributed by atoms with Crippen LogP contribution < -0.4 is 16.0 Å². The van der Waals surface area contributed by atoms with Gasteiger partial charge in [0.2, 0.25) is 17.7 Å². The Hall–Kier alpha value is -3.16. The van der Waals surface area contributed by atoms with E-state index in [2.05, 4.69) is 16.0 Å². The molecule has 33 heavy (non-hydrogen) atoms. The first kappa shape index (κ1) is 24.5. The summed E-state index contributed by atoms with van der Waals surface area (Å²) in [5, 5.41) is 19.3. The van der Waals surface area contributed by atoms with E-state index in [9.17, 15) is 19.5 Å². The van der Waals surface area contributed by atoms with E-state index in [0.717, 1.165) is 11.1 Å². The number of benzene rings is 2. The molecule has 2 aromatic rings. The van der Waals surface area contributed by atoms with Gasteiger partial charge in [-0.1, -0.05) is 66.2 Å². The van der Waals surface area contributed by atoms with E-state index in [1.807, 2.05) is 42.5 Å². The number of nitrogens with one attached hydrogen (secondary N) is 3. The van der Waals surface area contributed by atoms with Crippen LogP contribution in [0.4, 0.5) is 0 Å². The molecule has 1 aliphatic heterocycles. The van der Waals surface area contributed by atoms with E-state index in [1.165, 1.54) is 0 Å². The summed E-state index contributed by atoms with van der Waals surface area (Å²) in [4.78, 5) is 37.8. The van der Waals surface area contributed by atoms with Crippen molar-refractivity contribution in [3.63, 3.8) is 0 Å². The molecule has 8 heteroatoms. The van der Waals surface area contributed by atoms with Crippen LogP contribution in [0.2, 0.25) is 5.02 Å². The third-order valence-electron chi connectivity index (χ3n) is 5.45. The average molecular weight is 470 g/mol. The van der Waals surface area contributed by atoms with E-state index >= 15 is 0 Å². The van der Waals surface area contributed by atoms with E-state index in [-0.39, 0.29) is 31.2 Å². The summed E-state index contributed by atoms with van der Waals surface area (Å²) in [6.07, 6.45) is 2.67. The molecule has 0 saturated heterocycles. The number of halogens is 1. The Morgan fingerprint density at radius 3 is 2.42 bits per heavy atom. The summed E-state index contributed by atoms with van der Waals surface area (Å²) in [5.74, 6) is -1.58. The van der Waals surface area contributed by atoms with Crippen molar-refractivity contribution in [3.8, 4) is 0 Å². The van der Waals surface area contributed by atoms with Crippen LogP contribution in [-0.2, 0) is 20.9 Å². The van der Waals surface area contributed by atoms with Crippen molar-refractivity contribution in [2.45, 2.75) is 38.0 Å². The van der Waals surface area contributed by atoms with Crippen LogP contribution in [0.1, 0.15) is 36.4 Å². The summed E-state index contributed by atoms with van der Waals surface area (Å²) >= 11 is 5.88. The number of amides is 3. The van der Waals surface area contributed by atoms with E-state index < -0.39 is 24.0 Å². The van der Waals surface area contributed by atoms with Gasteiger partial charge in [-0.25, -0.2) is 0 Å². The fraction of sp³-hybridized carbons (Fsp3) is 0.320. The third kappa shape index (κ3) is 7.73. The molecule has 3 atom stereocenters. The lowest BCUT2D eigenvalue weighted by Crippen LogP contribution is -2.44. The molecule has 3 rings (SSSR count). The monoisotopic (exact) mass is 469 g/mol. The molecular formula is C25H28ClN3O4. The van der Waals surface area contributed by atoms with Gasteiger partial charge < -0.3 is 21.1 Å². The van der Waals surface area contributed by atoms with Crippen LogP contribution >= 0.6 is 11.6 Å². The molecule has 0 aromatic heterocycles. The fourth-order valence-electron chi connectivity index (χ4n) is 3.53. The molecule has 0 bridgehead atoms. The van der Waals surface area contributed by atoms with Gasteiger partial charge in [-0.05, 0) is 29.7 Å². The predicted octanol–water partition coefficient (Wildman–Crippen LogP) is 2.65. The first-order valence-corrected chi connectivity index (χ1v) is 11.3. The highest BCUT2D eigenvalue weighted by molar-refractivity contribution is 6.30. The molecule has 0 radical (unpaired) electrons. The summed E-state index contributed by atoms with van der Waals surface area (Å²) in [6, 6.07) is 15.9. The van der Waals surface area contributed by atoms with Gasteiger partial charge in [0.15, 0.2) is 0 Å². The zero-order valence-corrected chi connectivity index (χ0v) is 18.9. The molecule has 1 aliphatic rings. The van der Waals surface area contributed by atoms with Gasteiger partial charge in [0.25, 0.3) is 0 Å². The number of hydrogen-bond acceptors (Lipinski definition) is 4. The molecule has 1 heterocycles. The van der Waals surface area contributed by atoms with Crippen molar-refractivity contribution in [2.24, 2.45) is 5.92 Å². The number of carbonyl (C=O) groups is 3. The van der Waals surface area contributed by atoms with Crippen molar-refractivity contribution >= 4 is 29.3 Å². The van der Waals surface area contributed by atoms with Gasteiger partial charge in [0.1, 0.15) is 6.10 Å². The lowest BCUT2D eigenvalue weighted by Gasteiger charge is -2.23. The van der Waals surface area contributed by atoms with E-state index in [1.54, 1.807) is 24.3 Å². The third-order valence-corrected chi connectivity index (χ3v) is 5.71. The second-order valence-corrected chi connectivity index (χ2v) is 8.42. The first-order chi connectivity index (χ1) is 15.9. The van der Waals surface area contributed by atoms with Gasteiger partial charge in [0.05, 0.1) is 12.0 Å². The largest absolute Gasteiger partial charge is 0.383 e. The molecule has 2 aromatic carbocycles. The highest BCUT2D eigenvalue weighted by Crippen LogP contribution is 2.16. The molecule has 0 spiro atoms. The zero-order valence-electron chi connectivity index (χ0n) is 18.2. The Labute approximate surface area is 198 Å². The van der Waals surface area contributed by atoms with Crippen molar-refractivity contribution in [1.29, 1.82) is 0 Å². The van der Waals surface area contributed by atoms with E-state index in [0.29, 0.717) is 18.0 Å². The summed E-state index contributed by atoms with van der Waals surface area (Å²) in [5.41, 5.74) is 1.72. The molecule has 0 fully saturated rings. The van der Waals surface area contributed by atoms with Gasteiger partial charge in [-0.15, -0.1) is 0 Å². The molecule has 0 saturated carbocycles. The minimum absolute atomic E-state index is 0.0225. The standard InChI is InChI=1S/C25H28ClN3O4/c26-20-12-10-17(11-13-20)15-27-23(31)14-19-8-4-5-9-22(30)25(33)29-21(16-28-24(19)32)18-6-2-1-3-7-18/h1-7,10-13,19,21-22,30H,8-9,14-16H2,(H,27,31)(H,28,32)(H,29,33)/b5-4+/t19-,21-,22-/m0/s1. The van der Waals surface area contributed by atoms with Crippen molar-refractivity contribution in [1.82, 2.24) is 16.0 Å². The summed E-state index contributed by atoms with van der Waals surface area (Å²) < 4.78 is 0. The summed E-state index contributed by atoms with van der Waals surface area (Å²) in [7, 11) is 0. The number of carbonyl (C=O) groups excluding carboxylic acids is 3. The lowest BCUT2D eigenvalue weighted by molar-refractivity contribution is -0.131. The van der Waals surface area contributed by atoms with Crippen LogP contribution in [-0.4, -0.2) is 35.5 Å². The lowest BCUT2D eigenvalue weighted by atomic mass is 9.98. The van der Waals surface area contributed by atoms with Gasteiger partial charge in [0, 0.05) is 31.0 Å². The second-order valence-electron chi connectivity index (χ2n) is 7.98. The maximum absolute atomic E-state index is 12.9. The van der Waals surface area contributed by atoms with Crippen molar-refractivity contribution in [3.05, 3.63) is 82.9 Å². The molecule has 174 valence electrons. The van der Waals surface area contributed by atoms with Crippen LogP contribution in [0.5, 0.6) is 0 Å². The Kier molecular flexibility index (Phi) is 9.04. The Balaban J connectivity index is 1.66. The van der Waals surface area contributed by atoms with Crippen molar-refractivity contribution in [2.75, 3.05) is 6.54 Å². The van der Waals surface area contributed by atoms with Crippen LogP contribution in [0, 0.1) is 5.92 Å². The predicted molar refractivity (Wildman–Crippen MR) is 126 cm³/mol. The SMILES string of the molecule is O=C(C[C@@H]1C/C=C/C[C@H](O)C(=O)N[C@H](c2ccccc2)CNC1=O)NCc1ccc(Cl)cc1. The quantitative estimate of drug-likeness (QED) is 0.505. The number of hydrogen-bond donors (Lipinski definition) is 4. The maximum atomic E-state index is 12.9. The van der Waals surface area contributed by atoms with Crippen LogP contribution in [0.3, 0.4) is 0 Å². The smallest absolute Gasteiger partial charge is 0.249 e. The maximum Gasteiger partial charge on any atom is 0.249 e. The molecule has 4 N–H and O–H groups in total. The topological polar surface area (TPSA) is 108 Å². The minimum atomic E-state index is -1.19. The zero-order chi connectivity index (χ0) is 23.6. The molecule has 0 unspecified atom stereocenters. The first-order valence-electron chi connectivity index (χ1n) is 10.9. The van der Waals surface area contributed by atoms with Crippen LogP contribution in [0.25, 0.3) is 0 Å². The minimum Gasteiger partial charge on any atom is -0.383 e. The van der Waals surface area contributed by atoms with Gasteiger partial charge in [-0.3, -0.25) is 14.4 Å². The summed E-state index contributed by atoms with van der Waals surface area (Å²) in [6.45, 7) is 0.488. The molecule has 7 nitrogen and oxygen atoms in total. The second kappa shape index (κ2) is 12.2. The van der Waals surface area contributed by atoms with Crippen molar-refractivity contribution < 1.29 is 19.5 Å². The Bertz CT molecular complexity index is 979. The highest BCUT2D eigenvalue weighted by atomic mass is 35.5. The fourth-order valence-corrected chi connectivity index (χ4v) is 3.65. The van der Waals surface area contributed by atoms with E-state index in [4.69, 9.17) is 11.6 Å². The average Bonchev–Trinajstić information content (AvgIpc) is 2.82. The number of aliphatic hydroxyl groups is 1. The normalized spacial score (nSPS) is 22.8. The molecular weight excluding hydrogens is 442 g/mol. The molecule has 3 amide bonds. The number of aliphatic hydroxyl groups excluding tert-OH is 1. The Morgan fingerprint density at radius 1 is 1.00 bits per heavy atom. The molecule has 0 aliphatic carbocycles. The highest BCUT2D eigenvalue weighted by Gasteiger charge is 2.25. The number of allylic oxidation sites excluding steroid dienone is 1.